The van der Waals surface area contributed by atoms with E-state index in [0.29, 0.717) is 6.61 Å². The number of methoxy groups -OCH3 is 1. The molecule has 1 N–H and O–H groups in total. The summed E-state index contributed by atoms with van der Waals surface area (Å²) in [5, 5.41) is 8.89. The molecule has 2 aromatic rings. The number of nitrogens with one attached hydrogen (secondary N) is 1. The highest BCUT2D eigenvalue weighted by Crippen LogP contribution is 2.25. The number of anilines is 1. The Labute approximate surface area is 96.0 Å². The Balaban J connectivity index is 2.21. The second-order valence-corrected chi connectivity index (χ2v) is 4.65. The van der Waals surface area contributed by atoms with Gasteiger partial charge in [0, 0.05) is 24.9 Å². The lowest BCUT2D eigenvalue weighted by Crippen LogP contribution is -1.87. The second kappa shape index (κ2) is 4.69. The minimum atomic E-state index is 0.563. The third-order valence-corrected chi connectivity index (χ3v) is 3.48. The largest absolute Gasteiger partial charge is 0.378 e. The lowest BCUT2D eigenvalue weighted by Gasteiger charge is -1.91. The minimum Gasteiger partial charge on any atom is -0.378 e. The number of nitrogens with zero attached hydrogens (tertiary/aromatic N) is 2. The predicted molar refractivity (Wildman–Crippen MR) is 63.5 cm³/mol. The fourth-order valence-electron chi connectivity index (χ4n) is 1.12. The molecular weight excluding hydrogens is 230 g/mol. The summed E-state index contributed by atoms with van der Waals surface area (Å²) >= 11 is 3.17. The average molecular weight is 241 g/mol. The van der Waals surface area contributed by atoms with E-state index < -0.39 is 0 Å². The van der Waals surface area contributed by atoms with Gasteiger partial charge in [-0.3, -0.25) is 0 Å². The lowest BCUT2D eigenvalue weighted by atomic mass is 10.4. The minimum absolute atomic E-state index is 0.563. The summed E-state index contributed by atoms with van der Waals surface area (Å²) in [4.78, 5) is 8.81. The van der Waals surface area contributed by atoms with Gasteiger partial charge >= 0.3 is 0 Å². The number of thiazole rings is 2. The van der Waals surface area contributed by atoms with Crippen molar-refractivity contribution in [1.29, 1.82) is 0 Å². The predicted octanol–water partition coefficient (Wildman–Crippen LogP) is 2.45. The van der Waals surface area contributed by atoms with Crippen LogP contribution in [-0.4, -0.2) is 24.1 Å². The molecule has 0 aliphatic heterocycles. The molecule has 0 atom stereocenters. The van der Waals surface area contributed by atoms with E-state index in [1.807, 2.05) is 17.8 Å². The van der Waals surface area contributed by atoms with Gasteiger partial charge in [-0.1, -0.05) is 0 Å². The van der Waals surface area contributed by atoms with Gasteiger partial charge in [-0.15, -0.1) is 22.7 Å². The Morgan fingerprint density at radius 2 is 2.00 bits per heavy atom. The lowest BCUT2D eigenvalue weighted by molar-refractivity contribution is 0.184. The van der Waals surface area contributed by atoms with Crippen molar-refractivity contribution in [2.75, 3.05) is 19.5 Å². The van der Waals surface area contributed by atoms with Gasteiger partial charge in [0.25, 0.3) is 0 Å². The molecule has 6 heteroatoms. The molecule has 0 amide bonds. The molecule has 0 bridgehead atoms. The van der Waals surface area contributed by atoms with E-state index in [1.54, 1.807) is 29.8 Å². The van der Waals surface area contributed by atoms with Crippen molar-refractivity contribution in [2.24, 2.45) is 0 Å². The van der Waals surface area contributed by atoms with Crippen LogP contribution in [0.25, 0.3) is 11.4 Å². The maximum atomic E-state index is 5.02. The number of hydrogen-bond donors (Lipinski definition) is 1. The molecule has 0 fully saturated rings. The maximum Gasteiger partial charge on any atom is 0.183 e. The van der Waals surface area contributed by atoms with Gasteiger partial charge in [-0.25, -0.2) is 9.97 Å². The van der Waals surface area contributed by atoms with E-state index in [9.17, 15) is 0 Å². The molecule has 0 unspecified atom stereocenters. The maximum absolute atomic E-state index is 5.02. The van der Waals surface area contributed by atoms with Crippen LogP contribution in [0.2, 0.25) is 0 Å². The van der Waals surface area contributed by atoms with Crippen molar-refractivity contribution in [1.82, 2.24) is 9.97 Å². The van der Waals surface area contributed by atoms with Gasteiger partial charge < -0.3 is 10.1 Å². The number of aromatic nitrogens is 2. The van der Waals surface area contributed by atoms with Crippen molar-refractivity contribution in [3.05, 3.63) is 15.8 Å². The molecule has 2 heterocycles. The Kier molecular flexibility index (Phi) is 3.30. The van der Waals surface area contributed by atoms with Gasteiger partial charge in [0.2, 0.25) is 0 Å². The van der Waals surface area contributed by atoms with Crippen LogP contribution in [0, 0.1) is 0 Å². The van der Waals surface area contributed by atoms with E-state index in [4.69, 9.17) is 4.74 Å². The van der Waals surface area contributed by atoms with Crippen LogP contribution in [0.1, 0.15) is 5.01 Å². The molecule has 15 heavy (non-hydrogen) atoms. The van der Waals surface area contributed by atoms with Crippen molar-refractivity contribution < 1.29 is 4.74 Å². The zero-order valence-electron chi connectivity index (χ0n) is 8.48. The number of rotatable bonds is 4. The van der Waals surface area contributed by atoms with Gasteiger partial charge in [0.05, 0.1) is 6.61 Å². The zero-order valence-corrected chi connectivity index (χ0v) is 10.1. The molecule has 80 valence electrons. The van der Waals surface area contributed by atoms with Crippen molar-refractivity contribution in [3.8, 4) is 11.4 Å². The smallest absolute Gasteiger partial charge is 0.183 e. The molecule has 2 aromatic heterocycles. The second-order valence-electron chi connectivity index (χ2n) is 2.85. The number of ether oxygens (including phenoxy) is 1. The van der Waals surface area contributed by atoms with Crippen LogP contribution in [0.3, 0.4) is 0 Å². The molecule has 2 rings (SSSR count). The first kappa shape index (κ1) is 10.5. The molecule has 0 aliphatic rings. The molecule has 4 nitrogen and oxygen atoms in total. The first-order valence-corrected chi connectivity index (χ1v) is 6.16. The van der Waals surface area contributed by atoms with Crippen molar-refractivity contribution in [3.63, 3.8) is 0 Å². The first-order valence-electron chi connectivity index (χ1n) is 4.40. The Bertz CT molecular complexity index is 438. The summed E-state index contributed by atoms with van der Waals surface area (Å²) in [6.07, 6.45) is 0. The van der Waals surface area contributed by atoms with Crippen LogP contribution in [0.15, 0.2) is 10.8 Å². The molecule has 0 spiro atoms. The third-order valence-electron chi connectivity index (χ3n) is 1.80. The van der Waals surface area contributed by atoms with Crippen LogP contribution in [-0.2, 0) is 11.3 Å². The van der Waals surface area contributed by atoms with Gasteiger partial charge in [0.1, 0.15) is 16.4 Å². The molecule has 0 saturated carbocycles. The molecule has 0 aromatic carbocycles. The summed E-state index contributed by atoms with van der Waals surface area (Å²) in [7, 11) is 3.53. The molecule has 0 saturated heterocycles. The fourth-order valence-corrected chi connectivity index (χ4v) is 2.55. The fraction of sp³-hybridized carbons (Fsp3) is 0.333. The molecule has 0 radical (unpaired) electrons. The van der Waals surface area contributed by atoms with Gasteiger partial charge in [-0.05, 0) is 0 Å². The van der Waals surface area contributed by atoms with Crippen LogP contribution >= 0.6 is 22.7 Å². The summed E-state index contributed by atoms with van der Waals surface area (Å²) < 4.78 is 5.02. The van der Waals surface area contributed by atoms with E-state index in [0.717, 1.165) is 21.5 Å². The third kappa shape index (κ3) is 2.34. The van der Waals surface area contributed by atoms with E-state index in [2.05, 4.69) is 15.3 Å². The normalized spacial score (nSPS) is 10.5. The quantitative estimate of drug-likeness (QED) is 0.893. The Morgan fingerprint density at radius 3 is 2.67 bits per heavy atom. The standard InChI is InChI=1S/C9H11N3OS2/c1-10-9-12-7(5-15-9)6-4-14-8(11-6)3-13-2/h4-5H,3H2,1-2H3,(H,10,12). The SMILES string of the molecule is CNc1nc(-c2csc(COC)n2)cs1. The highest BCUT2D eigenvalue weighted by molar-refractivity contribution is 7.14. The van der Waals surface area contributed by atoms with E-state index in [1.165, 1.54) is 0 Å². The van der Waals surface area contributed by atoms with E-state index in [-0.39, 0.29) is 0 Å². The summed E-state index contributed by atoms with van der Waals surface area (Å²) in [6, 6.07) is 0. The molecular formula is C9H11N3OS2. The average Bonchev–Trinajstić information content (AvgIpc) is 2.85. The van der Waals surface area contributed by atoms with E-state index >= 15 is 0 Å². The topological polar surface area (TPSA) is 47.0 Å². The van der Waals surface area contributed by atoms with Gasteiger partial charge in [0.15, 0.2) is 5.13 Å². The summed E-state index contributed by atoms with van der Waals surface area (Å²) in [5.41, 5.74) is 1.84. The Hall–Kier alpha value is -0.980. The van der Waals surface area contributed by atoms with Crippen LogP contribution in [0.4, 0.5) is 5.13 Å². The van der Waals surface area contributed by atoms with Crippen molar-refractivity contribution >= 4 is 27.8 Å². The highest BCUT2D eigenvalue weighted by atomic mass is 32.1. The first-order chi connectivity index (χ1) is 7.33. The number of hydrogen-bond acceptors (Lipinski definition) is 6. The zero-order chi connectivity index (χ0) is 10.7. The van der Waals surface area contributed by atoms with Crippen LogP contribution in [0.5, 0.6) is 0 Å². The summed E-state index contributed by atoms with van der Waals surface area (Å²) in [5.74, 6) is 0. The molecule has 0 aliphatic carbocycles. The van der Waals surface area contributed by atoms with Crippen LogP contribution < -0.4 is 5.32 Å². The Morgan fingerprint density at radius 1 is 1.27 bits per heavy atom. The van der Waals surface area contributed by atoms with Gasteiger partial charge in [-0.2, -0.15) is 0 Å². The summed E-state index contributed by atoms with van der Waals surface area (Å²) in [6.45, 7) is 0.563. The highest BCUT2D eigenvalue weighted by Gasteiger charge is 2.07. The van der Waals surface area contributed by atoms with Crippen molar-refractivity contribution in [2.45, 2.75) is 6.61 Å². The monoisotopic (exact) mass is 241 g/mol.